The first-order valence-corrected chi connectivity index (χ1v) is 10.8. The van der Waals surface area contributed by atoms with E-state index < -0.39 is 0 Å². The summed E-state index contributed by atoms with van der Waals surface area (Å²) in [5.74, 6) is 1.30. The number of allylic oxidation sites excluding steroid dienone is 3. The molecule has 0 bridgehead atoms. The van der Waals surface area contributed by atoms with Gasteiger partial charge < -0.3 is 15.4 Å². The number of anilines is 3. The summed E-state index contributed by atoms with van der Waals surface area (Å²) in [5.41, 5.74) is 2.84. The van der Waals surface area contributed by atoms with E-state index in [1.54, 1.807) is 24.2 Å². The highest BCUT2D eigenvalue weighted by molar-refractivity contribution is 7.21. The third-order valence-electron chi connectivity index (χ3n) is 5.29. The largest absolute Gasteiger partial charge is 0.458 e. The normalized spacial score (nSPS) is 15.0. The van der Waals surface area contributed by atoms with Crippen molar-refractivity contribution >= 4 is 50.6 Å². The van der Waals surface area contributed by atoms with Gasteiger partial charge in [0.25, 0.3) is 5.91 Å². The van der Waals surface area contributed by atoms with Crippen molar-refractivity contribution in [1.29, 1.82) is 0 Å². The number of aryl methyl sites for hydroxylation is 1. The predicted molar refractivity (Wildman–Crippen MR) is 122 cm³/mol. The maximum Gasteiger partial charge on any atom is 0.331 e. The topological polar surface area (TPSA) is 83.6 Å². The number of rotatable bonds is 4. The number of hydrogen-bond donors (Lipinski definition) is 2. The van der Waals surface area contributed by atoms with Gasteiger partial charge in [0.05, 0.1) is 22.4 Å². The lowest BCUT2D eigenvalue weighted by molar-refractivity contribution is 0.0968. The molecule has 0 unspecified atom stereocenters. The fraction of sp³-hybridized carbons (Fsp3) is 0.174. The molecule has 0 radical (unpaired) electrons. The SMILES string of the molecule is CNC(=O)c1sc2nccc3c2c1NC(=O)N3c1ccc(OC2=CCCC=C2)cc1C. The second-order valence-electron chi connectivity index (χ2n) is 7.30. The van der Waals surface area contributed by atoms with Gasteiger partial charge in [0.1, 0.15) is 21.2 Å². The Bertz CT molecular complexity index is 1290. The molecule has 8 heteroatoms. The molecular weight excluding hydrogens is 412 g/mol. The lowest BCUT2D eigenvalue weighted by Crippen LogP contribution is -2.35. The van der Waals surface area contributed by atoms with Gasteiger partial charge in [-0.3, -0.25) is 9.69 Å². The number of thiophene rings is 1. The van der Waals surface area contributed by atoms with Crippen molar-refractivity contribution in [2.75, 3.05) is 17.3 Å². The summed E-state index contributed by atoms with van der Waals surface area (Å²) >= 11 is 1.26. The number of ether oxygens (including phenoxy) is 1. The van der Waals surface area contributed by atoms with Gasteiger partial charge in [-0.2, -0.15) is 0 Å². The van der Waals surface area contributed by atoms with Gasteiger partial charge in [0.15, 0.2) is 0 Å². The average molecular weight is 433 g/mol. The average Bonchev–Trinajstić information content (AvgIpc) is 3.14. The Morgan fingerprint density at radius 3 is 2.87 bits per heavy atom. The summed E-state index contributed by atoms with van der Waals surface area (Å²) in [4.78, 5) is 32.6. The maximum absolute atomic E-state index is 13.1. The van der Waals surface area contributed by atoms with Crippen LogP contribution in [0.1, 0.15) is 28.1 Å². The molecule has 0 atom stereocenters. The number of carbonyl (C=O) groups excluding carboxylic acids is 2. The number of amides is 3. The second kappa shape index (κ2) is 7.55. The van der Waals surface area contributed by atoms with E-state index in [1.165, 1.54) is 11.3 Å². The second-order valence-corrected chi connectivity index (χ2v) is 8.30. The summed E-state index contributed by atoms with van der Waals surface area (Å²) in [6, 6.07) is 7.13. The van der Waals surface area contributed by atoms with Gasteiger partial charge in [-0.25, -0.2) is 9.78 Å². The first-order valence-electron chi connectivity index (χ1n) is 9.96. The van der Waals surface area contributed by atoms with E-state index in [2.05, 4.69) is 27.8 Å². The van der Waals surface area contributed by atoms with Gasteiger partial charge in [0, 0.05) is 13.2 Å². The van der Waals surface area contributed by atoms with Crippen LogP contribution in [0.2, 0.25) is 0 Å². The molecule has 1 aromatic carbocycles. The number of pyridine rings is 1. The molecule has 0 spiro atoms. The van der Waals surface area contributed by atoms with Crippen LogP contribution in [0.4, 0.5) is 21.9 Å². The Morgan fingerprint density at radius 2 is 2.13 bits per heavy atom. The zero-order valence-corrected chi connectivity index (χ0v) is 17.9. The van der Waals surface area contributed by atoms with Crippen LogP contribution >= 0.6 is 11.3 Å². The molecule has 7 nitrogen and oxygen atoms in total. The molecule has 0 saturated carbocycles. The van der Waals surface area contributed by atoms with Crippen LogP contribution < -0.4 is 20.3 Å². The number of benzene rings is 1. The molecule has 0 fully saturated rings. The third kappa shape index (κ3) is 3.25. The molecule has 31 heavy (non-hydrogen) atoms. The summed E-state index contributed by atoms with van der Waals surface area (Å²) in [6.07, 6.45) is 9.79. The van der Waals surface area contributed by atoms with E-state index in [4.69, 9.17) is 4.74 Å². The van der Waals surface area contributed by atoms with Crippen molar-refractivity contribution in [2.24, 2.45) is 0 Å². The minimum atomic E-state index is -0.321. The summed E-state index contributed by atoms with van der Waals surface area (Å²) < 4.78 is 5.96. The van der Waals surface area contributed by atoms with Crippen LogP contribution in [0, 0.1) is 6.92 Å². The van der Waals surface area contributed by atoms with E-state index in [9.17, 15) is 9.59 Å². The van der Waals surface area contributed by atoms with E-state index in [-0.39, 0.29) is 11.9 Å². The molecule has 2 aromatic heterocycles. The third-order valence-corrected chi connectivity index (χ3v) is 6.38. The van der Waals surface area contributed by atoms with E-state index >= 15 is 0 Å². The number of hydrogen-bond acceptors (Lipinski definition) is 5. The fourth-order valence-corrected chi connectivity index (χ4v) is 4.91. The Hall–Kier alpha value is -3.65. The highest BCUT2D eigenvalue weighted by Gasteiger charge is 2.33. The van der Waals surface area contributed by atoms with E-state index in [1.807, 2.05) is 31.2 Å². The number of urea groups is 1. The predicted octanol–water partition coefficient (Wildman–Crippen LogP) is 5.26. The summed E-state index contributed by atoms with van der Waals surface area (Å²) in [5, 5.41) is 6.28. The van der Waals surface area contributed by atoms with Crippen molar-refractivity contribution < 1.29 is 14.3 Å². The highest BCUT2D eigenvalue weighted by atomic mass is 32.1. The number of carbonyl (C=O) groups is 2. The number of nitrogens with one attached hydrogen (secondary N) is 2. The minimum Gasteiger partial charge on any atom is -0.458 e. The van der Waals surface area contributed by atoms with Crippen LogP contribution in [0.15, 0.2) is 54.4 Å². The molecule has 2 N–H and O–H groups in total. The number of nitrogens with zero attached hydrogens (tertiary/aromatic N) is 2. The van der Waals surface area contributed by atoms with E-state index in [0.717, 1.165) is 41.0 Å². The summed E-state index contributed by atoms with van der Waals surface area (Å²) in [6.45, 7) is 1.94. The quantitative estimate of drug-likeness (QED) is 0.589. The van der Waals surface area contributed by atoms with Gasteiger partial charge in [-0.05, 0) is 61.7 Å². The minimum absolute atomic E-state index is 0.249. The van der Waals surface area contributed by atoms with Crippen LogP contribution in [-0.2, 0) is 0 Å². The van der Waals surface area contributed by atoms with Crippen LogP contribution in [0.25, 0.3) is 10.2 Å². The Labute approximate surface area is 183 Å². The molecule has 1 aliphatic carbocycles. The lowest BCUT2D eigenvalue weighted by atomic mass is 10.1. The molecule has 2 aliphatic rings. The first kappa shape index (κ1) is 19.3. The van der Waals surface area contributed by atoms with E-state index in [0.29, 0.717) is 21.1 Å². The lowest BCUT2D eigenvalue weighted by Gasteiger charge is -2.29. The van der Waals surface area contributed by atoms with Gasteiger partial charge >= 0.3 is 6.03 Å². The van der Waals surface area contributed by atoms with Gasteiger partial charge in [-0.1, -0.05) is 6.08 Å². The highest BCUT2D eigenvalue weighted by Crippen LogP contribution is 2.46. The number of aromatic nitrogens is 1. The molecular formula is C23H20N4O3S. The standard InChI is InChI=1S/C23H20N4O3S/c1-13-12-15(30-14-6-4-3-5-7-14)8-9-16(13)27-17-10-11-25-22-18(17)19(26-23(27)29)20(31-22)21(28)24-2/h4,6-12H,3,5H2,1-2H3,(H,24,28)(H,26,29). The zero-order valence-electron chi connectivity index (χ0n) is 17.1. The summed E-state index contributed by atoms with van der Waals surface area (Å²) in [7, 11) is 1.57. The Morgan fingerprint density at radius 1 is 1.26 bits per heavy atom. The maximum atomic E-state index is 13.1. The van der Waals surface area contributed by atoms with Gasteiger partial charge in [-0.15, -0.1) is 11.3 Å². The smallest absolute Gasteiger partial charge is 0.331 e. The molecule has 3 aromatic rings. The van der Waals surface area contributed by atoms with Crippen molar-refractivity contribution in [2.45, 2.75) is 19.8 Å². The zero-order chi connectivity index (χ0) is 21.5. The molecule has 5 rings (SSSR count). The van der Waals surface area contributed by atoms with Gasteiger partial charge in [0.2, 0.25) is 0 Å². The molecule has 3 heterocycles. The molecule has 1 aliphatic heterocycles. The van der Waals surface area contributed by atoms with Crippen LogP contribution in [0.5, 0.6) is 5.75 Å². The molecule has 3 amide bonds. The Kier molecular flexibility index (Phi) is 4.71. The van der Waals surface area contributed by atoms with Crippen molar-refractivity contribution in [3.63, 3.8) is 0 Å². The first-order chi connectivity index (χ1) is 15.1. The van der Waals surface area contributed by atoms with Crippen molar-refractivity contribution in [3.05, 3.63) is 64.9 Å². The Balaban J connectivity index is 1.56. The molecule has 0 saturated heterocycles. The van der Waals surface area contributed by atoms with Crippen molar-refractivity contribution in [1.82, 2.24) is 10.3 Å². The van der Waals surface area contributed by atoms with Crippen LogP contribution in [-0.4, -0.2) is 24.0 Å². The van der Waals surface area contributed by atoms with Crippen molar-refractivity contribution in [3.8, 4) is 5.75 Å². The van der Waals surface area contributed by atoms with Crippen LogP contribution in [0.3, 0.4) is 0 Å². The molecule has 156 valence electrons. The monoisotopic (exact) mass is 432 g/mol. The fourth-order valence-electron chi connectivity index (χ4n) is 3.84.